The first kappa shape index (κ1) is 11.2. The zero-order valence-electron chi connectivity index (χ0n) is 8.77. The van der Waals surface area contributed by atoms with E-state index in [0.717, 1.165) is 18.4 Å². The Morgan fingerprint density at radius 3 is 2.67 bits per heavy atom. The second kappa shape index (κ2) is 6.53. The van der Waals surface area contributed by atoms with Gasteiger partial charge in [-0.1, -0.05) is 42.4 Å². The van der Waals surface area contributed by atoms with Crippen LogP contribution in [0, 0.1) is 11.8 Å². The second-order valence-corrected chi connectivity index (χ2v) is 3.14. The number of aryl methyl sites for hydroxylation is 1. The summed E-state index contributed by atoms with van der Waals surface area (Å²) in [7, 11) is 0. The van der Waals surface area contributed by atoms with Gasteiger partial charge < -0.3 is 0 Å². The third-order valence-corrected chi connectivity index (χ3v) is 1.94. The van der Waals surface area contributed by atoms with Gasteiger partial charge in [0, 0.05) is 10.5 Å². The van der Waals surface area contributed by atoms with Crippen molar-refractivity contribution in [1.29, 1.82) is 0 Å². The maximum Gasteiger partial charge on any atom is 0.0880 e. The molecule has 0 aliphatic heterocycles. The Balaban J connectivity index is 2.62. The third kappa shape index (κ3) is 4.21. The summed E-state index contributed by atoms with van der Waals surface area (Å²) in [5.41, 5.74) is 10.3. The normalized spacial score (nSPS) is 8.60. The van der Waals surface area contributed by atoms with Gasteiger partial charge in [0.2, 0.25) is 0 Å². The Kier molecular flexibility index (Phi) is 4.86. The van der Waals surface area contributed by atoms with Crippen LogP contribution in [0.1, 0.15) is 24.5 Å². The Morgan fingerprint density at radius 2 is 2.07 bits per heavy atom. The molecule has 0 atom stereocenters. The van der Waals surface area contributed by atoms with Crippen molar-refractivity contribution in [3.63, 3.8) is 0 Å². The van der Waals surface area contributed by atoms with Crippen LogP contribution in [0.3, 0.4) is 0 Å². The summed E-state index contributed by atoms with van der Waals surface area (Å²) in [5, 5.41) is 3.34. The predicted molar refractivity (Wildman–Crippen MR) is 61.3 cm³/mol. The molecule has 0 aliphatic rings. The van der Waals surface area contributed by atoms with Crippen molar-refractivity contribution in [1.82, 2.24) is 0 Å². The molecule has 15 heavy (non-hydrogen) atoms. The molecule has 76 valence electrons. The van der Waals surface area contributed by atoms with E-state index in [1.165, 1.54) is 5.56 Å². The molecule has 0 spiro atoms. The van der Waals surface area contributed by atoms with Crippen LogP contribution in [0.25, 0.3) is 10.4 Å². The first-order valence-corrected chi connectivity index (χ1v) is 4.95. The Labute approximate surface area is 89.8 Å². The molecule has 3 nitrogen and oxygen atoms in total. The smallest absolute Gasteiger partial charge is 0.0880 e. The van der Waals surface area contributed by atoms with Crippen LogP contribution in [0.4, 0.5) is 0 Å². The van der Waals surface area contributed by atoms with E-state index in [-0.39, 0.29) is 6.54 Å². The Bertz CT molecular complexity index is 403. The monoisotopic (exact) mass is 199 g/mol. The fourth-order valence-electron chi connectivity index (χ4n) is 1.25. The molecule has 0 unspecified atom stereocenters. The quantitative estimate of drug-likeness (QED) is 0.310. The van der Waals surface area contributed by atoms with E-state index in [0.29, 0.717) is 0 Å². The Hall–Kier alpha value is -1.91. The zero-order valence-corrected chi connectivity index (χ0v) is 8.77. The van der Waals surface area contributed by atoms with Gasteiger partial charge in [-0.05, 0) is 29.6 Å². The van der Waals surface area contributed by atoms with Crippen molar-refractivity contribution in [2.24, 2.45) is 5.11 Å². The van der Waals surface area contributed by atoms with Gasteiger partial charge in [-0.25, -0.2) is 0 Å². The number of rotatable bonds is 3. The molecule has 1 rings (SSSR count). The van der Waals surface area contributed by atoms with Crippen molar-refractivity contribution in [2.75, 3.05) is 6.54 Å². The van der Waals surface area contributed by atoms with E-state index in [4.69, 9.17) is 5.53 Å². The minimum absolute atomic E-state index is 0.229. The van der Waals surface area contributed by atoms with Crippen LogP contribution < -0.4 is 0 Å². The summed E-state index contributed by atoms with van der Waals surface area (Å²) in [6.45, 7) is 2.39. The minimum atomic E-state index is 0.229. The van der Waals surface area contributed by atoms with Crippen LogP contribution in [0.5, 0.6) is 0 Å². The van der Waals surface area contributed by atoms with Crippen molar-refractivity contribution < 1.29 is 0 Å². The van der Waals surface area contributed by atoms with Gasteiger partial charge in [0.05, 0.1) is 6.54 Å². The highest BCUT2D eigenvalue weighted by atomic mass is 15.1. The lowest BCUT2D eigenvalue weighted by Gasteiger charge is -1.97. The predicted octanol–water partition coefficient (Wildman–Crippen LogP) is 3.30. The lowest BCUT2D eigenvalue weighted by Crippen LogP contribution is -1.83. The number of nitrogens with zero attached hydrogens (tertiary/aromatic N) is 3. The van der Waals surface area contributed by atoms with Gasteiger partial charge in [0.1, 0.15) is 0 Å². The van der Waals surface area contributed by atoms with Crippen LogP contribution in [-0.4, -0.2) is 6.54 Å². The van der Waals surface area contributed by atoms with Gasteiger partial charge >= 0.3 is 0 Å². The standard InChI is InChI=1S/C12H13N3/c1-2-4-11-6-8-12(9-7-11)5-3-10-14-15-13/h6-9H,2,4,10H2,1H3. The summed E-state index contributed by atoms with van der Waals surface area (Å²) < 4.78 is 0. The van der Waals surface area contributed by atoms with Crippen LogP contribution in [-0.2, 0) is 6.42 Å². The van der Waals surface area contributed by atoms with Gasteiger partial charge in [-0.3, -0.25) is 0 Å². The van der Waals surface area contributed by atoms with Crippen molar-refractivity contribution in [3.8, 4) is 11.8 Å². The summed E-state index contributed by atoms with van der Waals surface area (Å²) >= 11 is 0. The highest BCUT2D eigenvalue weighted by molar-refractivity contribution is 5.36. The van der Waals surface area contributed by atoms with Crippen molar-refractivity contribution >= 4 is 0 Å². The average molecular weight is 199 g/mol. The van der Waals surface area contributed by atoms with E-state index >= 15 is 0 Å². The lowest BCUT2D eigenvalue weighted by atomic mass is 10.1. The van der Waals surface area contributed by atoms with E-state index in [1.54, 1.807) is 0 Å². The topological polar surface area (TPSA) is 48.8 Å². The molecule has 0 bridgehead atoms. The molecule has 0 amide bonds. The maximum absolute atomic E-state index is 8.05. The fourth-order valence-corrected chi connectivity index (χ4v) is 1.25. The Morgan fingerprint density at radius 1 is 1.33 bits per heavy atom. The van der Waals surface area contributed by atoms with Crippen molar-refractivity contribution in [3.05, 3.63) is 45.8 Å². The molecule has 1 aromatic carbocycles. The highest BCUT2D eigenvalue weighted by Gasteiger charge is 1.90. The molecule has 0 heterocycles. The van der Waals surface area contributed by atoms with Crippen molar-refractivity contribution in [2.45, 2.75) is 19.8 Å². The molecular formula is C12H13N3. The molecular weight excluding hydrogens is 186 g/mol. The second-order valence-electron chi connectivity index (χ2n) is 3.14. The van der Waals surface area contributed by atoms with E-state index < -0.39 is 0 Å². The zero-order chi connectivity index (χ0) is 10.9. The summed E-state index contributed by atoms with van der Waals surface area (Å²) in [5.74, 6) is 5.72. The summed E-state index contributed by atoms with van der Waals surface area (Å²) in [6.07, 6.45) is 2.26. The molecule has 0 saturated heterocycles. The number of hydrogen-bond acceptors (Lipinski definition) is 1. The SMILES string of the molecule is CCCc1ccc(C#CCN=[N+]=[N-])cc1. The molecule has 3 heteroatoms. The van der Waals surface area contributed by atoms with Gasteiger partial charge in [0.15, 0.2) is 0 Å². The molecule has 0 N–H and O–H groups in total. The van der Waals surface area contributed by atoms with E-state index in [1.807, 2.05) is 12.1 Å². The van der Waals surface area contributed by atoms with Crippen LogP contribution in [0.2, 0.25) is 0 Å². The van der Waals surface area contributed by atoms with E-state index in [9.17, 15) is 0 Å². The summed E-state index contributed by atoms with van der Waals surface area (Å²) in [4.78, 5) is 2.63. The fraction of sp³-hybridized carbons (Fsp3) is 0.333. The molecule has 0 fully saturated rings. The highest BCUT2D eigenvalue weighted by Crippen LogP contribution is 2.05. The third-order valence-electron chi connectivity index (χ3n) is 1.94. The molecule has 0 saturated carbocycles. The number of benzene rings is 1. The molecule has 0 aromatic heterocycles. The van der Waals surface area contributed by atoms with Gasteiger partial charge in [-0.2, -0.15) is 0 Å². The minimum Gasteiger partial charge on any atom is -0.0919 e. The molecule has 0 aliphatic carbocycles. The summed E-state index contributed by atoms with van der Waals surface area (Å²) in [6, 6.07) is 8.16. The molecule has 0 radical (unpaired) electrons. The van der Waals surface area contributed by atoms with Crippen LogP contribution in [0.15, 0.2) is 29.4 Å². The first-order chi connectivity index (χ1) is 7.36. The maximum atomic E-state index is 8.05. The average Bonchev–Trinajstić information content (AvgIpc) is 2.27. The molecule has 1 aromatic rings. The van der Waals surface area contributed by atoms with Gasteiger partial charge in [-0.15, -0.1) is 0 Å². The van der Waals surface area contributed by atoms with Gasteiger partial charge in [0.25, 0.3) is 0 Å². The largest absolute Gasteiger partial charge is 0.0919 e. The lowest BCUT2D eigenvalue weighted by molar-refractivity contribution is 0.922. The number of azide groups is 1. The first-order valence-electron chi connectivity index (χ1n) is 4.95. The van der Waals surface area contributed by atoms with E-state index in [2.05, 4.69) is 40.9 Å². The number of hydrogen-bond donors (Lipinski definition) is 0. The van der Waals surface area contributed by atoms with Crippen LogP contribution >= 0.6 is 0 Å².